The molecule has 2 aromatic heterocycles. The first-order chi connectivity index (χ1) is 12.5. The molecule has 0 bridgehead atoms. The van der Waals surface area contributed by atoms with E-state index in [0.29, 0.717) is 12.4 Å². The summed E-state index contributed by atoms with van der Waals surface area (Å²) in [6.45, 7) is 7.58. The average Bonchev–Trinajstić information content (AvgIpc) is 3.36. The van der Waals surface area contributed by atoms with E-state index < -0.39 is 5.41 Å². The number of hydrogen-bond donors (Lipinski definition) is 0. The van der Waals surface area contributed by atoms with Gasteiger partial charge in [0.05, 0.1) is 29.5 Å². The highest BCUT2D eigenvalue weighted by Gasteiger charge is 2.31. The molecule has 2 aromatic rings. The van der Waals surface area contributed by atoms with Crippen LogP contribution in [0.5, 0.6) is 0 Å². The molecule has 1 atom stereocenters. The van der Waals surface area contributed by atoms with Crippen molar-refractivity contribution in [1.82, 2.24) is 14.8 Å². The molecule has 8 heteroatoms. The van der Waals surface area contributed by atoms with Crippen molar-refractivity contribution in [2.45, 2.75) is 51.4 Å². The van der Waals surface area contributed by atoms with Crippen molar-refractivity contribution in [1.29, 1.82) is 0 Å². The second-order valence-corrected chi connectivity index (χ2v) is 8.81. The highest BCUT2D eigenvalue weighted by molar-refractivity contribution is 7.99. The van der Waals surface area contributed by atoms with Crippen LogP contribution >= 0.6 is 23.1 Å². The summed E-state index contributed by atoms with van der Waals surface area (Å²) in [5.41, 5.74) is -0.579. The molecule has 0 spiro atoms. The highest BCUT2D eigenvalue weighted by atomic mass is 32.2. The lowest BCUT2D eigenvalue weighted by Gasteiger charge is -2.21. The summed E-state index contributed by atoms with van der Waals surface area (Å²) in [5.74, 6) is 1.27. The molecule has 6 nitrogen and oxygen atoms in total. The lowest BCUT2D eigenvalue weighted by molar-refractivity contribution is -0.152. The number of hydrogen-bond acceptors (Lipinski definition) is 7. The van der Waals surface area contributed by atoms with Gasteiger partial charge in [-0.3, -0.25) is 9.36 Å². The molecule has 0 aliphatic carbocycles. The van der Waals surface area contributed by atoms with Gasteiger partial charge in [0.15, 0.2) is 11.0 Å². The summed E-state index contributed by atoms with van der Waals surface area (Å²) >= 11 is 3.20. The van der Waals surface area contributed by atoms with Gasteiger partial charge < -0.3 is 9.47 Å². The predicted octanol–water partition coefficient (Wildman–Crippen LogP) is 3.87. The maximum Gasteiger partial charge on any atom is 0.312 e. The average molecular weight is 396 g/mol. The maximum absolute atomic E-state index is 12.1. The Morgan fingerprint density at radius 1 is 1.50 bits per heavy atom. The summed E-state index contributed by atoms with van der Waals surface area (Å²) in [7, 11) is 0. The molecule has 3 heterocycles. The predicted molar refractivity (Wildman–Crippen MR) is 103 cm³/mol. The van der Waals surface area contributed by atoms with Crippen LogP contribution in [0.25, 0.3) is 10.7 Å². The van der Waals surface area contributed by atoms with Crippen molar-refractivity contribution in [3.63, 3.8) is 0 Å². The Hall–Kier alpha value is -1.38. The Kier molecular flexibility index (Phi) is 6.37. The first-order valence-corrected chi connectivity index (χ1v) is 10.8. The molecule has 0 aromatic carbocycles. The van der Waals surface area contributed by atoms with Gasteiger partial charge in [-0.1, -0.05) is 17.8 Å². The second kappa shape index (κ2) is 8.54. The largest absolute Gasteiger partial charge is 0.466 e. The molecule has 1 aliphatic rings. The van der Waals surface area contributed by atoms with Crippen LogP contribution in [0, 0.1) is 5.41 Å². The summed E-state index contributed by atoms with van der Waals surface area (Å²) < 4.78 is 13.1. The van der Waals surface area contributed by atoms with Crippen molar-refractivity contribution < 1.29 is 14.3 Å². The molecule has 0 N–H and O–H groups in total. The van der Waals surface area contributed by atoms with Crippen LogP contribution < -0.4 is 0 Å². The van der Waals surface area contributed by atoms with Crippen LogP contribution in [0.3, 0.4) is 0 Å². The molecule has 1 saturated heterocycles. The minimum absolute atomic E-state index is 0.184. The lowest BCUT2D eigenvalue weighted by atomic mass is 9.97. The zero-order valence-electron chi connectivity index (χ0n) is 15.4. The van der Waals surface area contributed by atoms with Gasteiger partial charge in [0.1, 0.15) is 0 Å². The van der Waals surface area contributed by atoms with E-state index in [2.05, 4.69) is 20.8 Å². The van der Waals surface area contributed by atoms with Crippen molar-refractivity contribution >= 4 is 29.1 Å². The number of ether oxygens (including phenoxy) is 2. The fraction of sp³-hybridized carbons (Fsp3) is 0.611. The van der Waals surface area contributed by atoms with Crippen molar-refractivity contribution in [2.75, 3.05) is 19.0 Å². The molecule has 0 amide bonds. The van der Waals surface area contributed by atoms with E-state index in [1.165, 1.54) is 0 Å². The fourth-order valence-electron chi connectivity index (χ4n) is 2.77. The number of thioether (sulfide) groups is 1. The zero-order valence-corrected chi connectivity index (χ0v) is 17.1. The first kappa shape index (κ1) is 19.4. The number of thiophene rings is 1. The van der Waals surface area contributed by atoms with Crippen molar-refractivity contribution in [3.05, 3.63) is 17.5 Å². The number of carbonyl (C=O) groups excluding carboxylic acids is 1. The summed E-state index contributed by atoms with van der Waals surface area (Å²) in [4.78, 5) is 13.2. The van der Waals surface area contributed by atoms with Crippen LogP contribution in [0.2, 0.25) is 0 Å². The SMILES string of the molecule is CCOC(=O)C(C)(C)CSc1nnc(-c2cccs2)n1C[C@@H]1CCCO1. The number of aromatic nitrogens is 3. The fourth-order valence-corrected chi connectivity index (χ4v) is 4.51. The van der Waals surface area contributed by atoms with E-state index in [9.17, 15) is 4.79 Å². The third-order valence-electron chi connectivity index (χ3n) is 4.26. The Balaban J connectivity index is 1.78. The van der Waals surface area contributed by atoms with Gasteiger partial charge in [-0.15, -0.1) is 21.5 Å². The maximum atomic E-state index is 12.1. The molecular weight excluding hydrogens is 370 g/mol. The molecule has 142 valence electrons. The van der Waals surface area contributed by atoms with Gasteiger partial charge in [-0.2, -0.15) is 0 Å². The van der Waals surface area contributed by atoms with E-state index >= 15 is 0 Å². The van der Waals surface area contributed by atoms with Crippen LogP contribution in [-0.4, -0.2) is 45.8 Å². The molecule has 0 unspecified atom stereocenters. The van der Waals surface area contributed by atoms with E-state index in [-0.39, 0.29) is 12.1 Å². The van der Waals surface area contributed by atoms with Crippen molar-refractivity contribution in [2.24, 2.45) is 5.41 Å². The second-order valence-electron chi connectivity index (χ2n) is 6.92. The summed E-state index contributed by atoms with van der Waals surface area (Å²) in [6, 6.07) is 4.07. The minimum atomic E-state index is -0.579. The van der Waals surface area contributed by atoms with E-state index in [1.807, 2.05) is 32.2 Å². The van der Waals surface area contributed by atoms with Gasteiger partial charge in [-0.25, -0.2) is 0 Å². The van der Waals surface area contributed by atoms with Gasteiger partial charge in [0.25, 0.3) is 0 Å². The molecular formula is C18H25N3O3S2. The third kappa shape index (κ3) is 4.47. The van der Waals surface area contributed by atoms with Gasteiger partial charge in [0.2, 0.25) is 0 Å². The Morgan fingerprint density at radius 2 is 2.35 bits per heavy atom. The zero-order chi connectivity index (χ0) is 18.6. The molecule has 1 fully saturated rings. The quantitative estimate of drug-likeness (QED) is 0.499. The minimum Gasteiger partial charge on any atom is -0.466 e. The molecule has 0 saturated carbocycles. The van der Waals surface area contributed by atoms with Gasteiger partial charge >= 0.3 is 5.97 Å². The monoisotopic (exact) mass is 395 g/mol. The first-order valence-electron chi connectivity index (χ1n) is 8.90. The standard InChI is InChI=1S/C18H25N3O3S2/c1-4-23-16(22)18(2,3)12-26-17-20-19-15(14-8-6-10-25-14)21(17)11-13-7-5-9-24-13/h6,8,10,13H,4-5,7,9,11-12H2,1-3H3/t13-/m0/s1. The summed E-state index contributed by atoms with van der Waals surface area (Å²) in [5, 5.41) is 11.7. The Labute approximate surface area is 162 Å². The molecule has 1 aliphatic heterocycles. The normalized spacial score (nSPS) is 17.6. The van der Waals surface area contributed by atoms with Crippen LogP contribution in [0.4, 0.5) is 0 Å². The molecule has 3 rings (SSSR count). The van der Waals surface area contributed by atoms with Gasteiger partial charge in [0, 0.05) is 12.4 Å². The van der Waals surface area contributed by atoms with Crippen LogP contribution in [0.1, 0.15) is 33.6 Å². The number of carbonyl (C=O) groups is 1. The van der Waals surface area contributed by atoms with Crippen LogP contribution in [0.15, 0.2) is 22.7 Å². The number of rotatable bonds is 8. The Bertz CT molecular complexity index is 722. The van der Waals surface area contributed by atoms with E-state index in [4.69, 9.17) is 9.47 Å². The number of esters is 1. The lowest BCUT2D eigenvalue weighted by Crippen LogP contribution is -2.29. The Morgan fingerprint density at radius 3 is 3.00 bits per heavy atom. The highest BCUT2D eigenvalue weighted by Crippen LogP contribution is 2.32. The van der Waals surface area contributed by atoms with Crippen LogP contribution in [-0.2, 0) is 20.8 Å². The van der Waals surface area contributed by atoms with E-state index in [0.717, 1.165) is 41.9 Å². The van der Waals surface area contributed by atoms with Crippen molar-refractivity contribution in [3.8, 4) is 10.7 Å². The topological polar surface area (TPSA) is 66.2 Å². The van der Waals surface area contributed by atoms with E-state index in [1.54, 1.807) is 23.1 Å². The smallest absolute Gasteiger partial charge is 0.312 e. The summed E-state index contributed by atoms with van der Waals surface area (Å²) in [6.07, 6.45) is 2.35. The molecule has 0 radical (unpaired) electrons. The van der Waals surface area contributed by atoms with Gasteiger partial charge in [-0.05, 0) is 45.1 Å². The third-order valence-corrected chi connectivity index (χ3v) is 6.55. The number of nitrogens with zero attached hydrogens (tertiary/aromatic N) is 3. The molecule has 26 heavy (non-hydrogen) atoms.